The SMILES string of the molecule is CCn1c(C(=O)NCC(Cc2cnn(C)c2)C(N)=O)cc2ccccc21. The topological polar surface area (TPSA) is 94.9 Å². The van der Waals surface area contributed by atoms with E-state index in [9.17, 15) is 9.59 Å². The molecule has 1 atom stereocenters. The van der Waals surface area contributed by atoms with Crippen LogP contribution in [0.25, 0.3) is 10.9 Å². The van der Waals surface area contributed by atoms with E-state index in [2.05, 4.69) is 10.4 Å². The van der Waals surface area contributed by atoms with Gasteiger partial charge in [0, 0.05) is 37.2 Å². The summed E-state index contributed by atoms with van der Waals surface area (Å²) in [6, 6.07) is 9.74. The van der Waals surface area contributed by atoms with Gasteiger partial charge in [0.05, 0.1) is 12.1 Å². The highest BCUT2D eigenvalue weighted by atomic mass is 16.2. The Bertz CT molecular complexity index is 940. The maximum absolute atomic E-state index is 12.7. The number of aromatic nitrogens is 3. The molecule has 7 nitrogen and oxygen atoms in total. The van der Waals surface area contributed by atoms with E-state index < -0.39 is 11.8 Å². The third kappa shape index (κ3) is 3.61. The smallest absolute Gasteiger partial charge is 0.267 e. The second-order valence-electron chi connectivity index (χ2n) is 6.37. The van der Waals surface area contributed by atoms with Crippen LogP contribution in [0, 0.1) is 5.92 Å². The fourth-order valence-corrected chi connectivity index (χ4v) is 3.18. The molecule has 2 heterocycles. The number of nitrogens with one attached hydrogen (secondary N) is 1. The lowest BCUT2D eigenvalue weighted by Crippen LogP contribution is -2.37. The Hall–Kier alpha value is -3.09. The summed E-state index contributed by atoms with van der Waals surface area (Å²) in [4.78, 5) is 24.4. The minimum absolute atomic E-state index is 0.189. The zero-order chi connectivity index (χ0) is 18.7. The predicted octanol–water partition coefficient (Wildman–Crippen LogP) is 1.47. The average Bonchev–Trinajstić information content (AvgIpc) is 3.20. The number of hydrogen-bond donors (Lipinski definition) is 2. The Kier molecular flexibility index (Phi) is 5.06. The molecule has 3 rings (SSSR count). The number of carbonyl (C=O) groups excluding carboxylic acids is 2. The Balaban J connectivity index is 1.73. The van der Waals surface area contributed by atoms with Gasteiger partial charge in [0.2, 0.25) is 5.91 Å². The Morgan fingerprint density at radius 3 is 2.73 bits per heavy atom. The summed E-state index contributed by atoms with van der Waals surface area (Å²) in [5.74, 6) is -1.13. The Labute approximate surface area is 151 Å². The van der Waals surface area contributed by atoms with E-state index in [1.807, 2.05) is 55.1 Å². The fourth-order valence-electron chi connectivity index (χ4n) is 3.18. The summed E-state index contributed by atoms with van der Waals surface area (Å²) < 4.78 is 3.64. The summed E-state index contributed by atoms with van der Waals surface area (Å²) in [5, 5.41) is 7.96. The van der Waals surface area contributed by atoms with Crippen molar-refractivity contribution in [3.8, 4) is 0 Å². The maximum atomic E-state index is 12.7. The third-order valence-electron chi connectivity index (χ3n) is 4.51. The molecule has 0 spiro atoms. The highest BCUT2D eigenvalue weighted by Crippen LogP contribution is 2.19. The van der Waals surface area contributed by atoms with Crippen molar-refractivity contribution in [1.29, 1.82) is 0 Å². The number of hydrogen-bond acceptors (Lipinski definition) is 3. The van der Waals surface area contributed by atoms with E-state index >= 15 is 0 Å². The molecular weight excluding hydrogens is 330 g/mol. The molecule has 0 radical (unpaired) electrons. The Morgan fingerprint density at radius 2 is 2.08 bits per heavy atom. The van der Waals surface area contributed by atoms with Crippen molar-refractivity contribution in [1.82, 2.24) is 19.7 Å². The number of fused-ring (bicyclic) bond motifs is 1. The molecule has 1 unspecified atom stereocenters. The summed E-state index contributed by atoms with van der Waals surface area (Å²) in [6.45, 7) is 2.87. The minimum Gasteiger partial charge on any atom is -0.369 e. The normalized spacial score (nSPS) is 12.2. The van der Waals surface area contributed by atoms with Gasteiger partial charge in [0.1, 0.15) is 5.69 Å². The van der Waals surface area contributed by atoms with Crippen LogP contribution >= 0.6 is 0 Å². The van der Waals surface area contributed by atoms with Crippen LogP contribution in [0.1, 0.15) is 23.0 Å². The second-order valence-corrected chi connectivity index (χ2v) is 6.37. The van der Waals surface area contributed by atoms with Crippen LogP contribution in [0.15, 0.2) is 42.7 Å². The molecule has 0 aliphatic heterocycles. The van der Waals surface area contributed by atoms with Gasteiger partial charge in [-0.1, -0.05) is 18.2 Å². The van der Waals surface area contributed by atoms with Crippen LogP contribution in [0.5, 0.6) is 0 Å². The zero-order valence-electron chi connectivity index (χ0n) is 15.0. The number of nitrogens with zero attached hydrogens (tertiary/aromatic N) is 3. The van der Waals surface area contributed by atoms with E-state index in [-0.39, 0.29) is 12.5 Å². The molecule has 3 aromatic rings. The summed E-state index contributed by atoms with van der Waals surface area (Å²) >= 11 is 0. The predicted molar refractivity (Wildman–Crippen MR) is 99.5 cm³/mol. The number of primary amides is 1. The second kappa shape index (κ2) is 7.43. The lowest BCUT2D eigenvalue weighted by molar-refractivity contribution is -0.121. The van der Waals surface area contributed by atoms with Gasteiger partial charge >= 0.3 is 0 Å². The van der Waals surface area contributed by atoms with Gasteiger partial charge in [-0.3, -0.25) is 14.3 Å². The average molecular weight is 353 g/mol. The molecule has 3 N–H and O–H groups in total. The van der Waals surface area contributed by atoms with Gasteiger partial charge in [0.25, 0.3) is 5.91 Å². The molecule has 2 amide bonds. The lowest BCUT2D eigenvalue weighted by Gasteiger charge is -2.14. The largest absolute Gasteiger partial charge is 0.369 e. The van der Waals surface area contributed by atoms with Crippen molar-refractivity contribution in [3.05, 3.63) is 54.0 Å². The number of para-hydroxylation sites is 1. The van der Waals surface area contributed by atoms with E-state index in [4.69, 9.17) is 5.73 Å². The van der Waals surface area contributed by atoms with Crippen molar-refractivity contribution >= 4 is 22.7 Å². The number of aryl methyl sites for hydroxylation is 2. The summed E-state index contributed by atoms with van der Waals surface area (Å²) in [5.41, 5.74) is 8.02. The standard InChI is InChI=1S/C19H23N5O2/c1-3-24-16-7-5-4-6-14(16)9-17(24)19(26)21-11-15(18(20)25)8-13-10-22-23(2)12-13/h4-7,9-10,12,15H,3,8,11H2,1-2H3,(H2,20,25)(H,21,26). The lowest BCUT2D eigenvalue weighted by atomic mass is 10.0. The van der Waals surface area contributed by atoms with Crippen LogP contribution < -0.4 is 11.1 Å². The van der Waals surface area contributed by atoms with Gasteiger partial charge < -0.3 is 15.6 Å². The molecule has 26 heavy (non-hydrogen) atoms. The van der Waals surface area contributed by atoms with Crippen LogP contribution in [0.3, 0.4) is 0 Å². The number of amides is 2. The van der Waals surface area contributed by atoms with Gasteiger partial charge in [-0.2, -0.15) is 5.10 Å². The molecule has 0 saturated carbocycles. The van der Waals surface area contributed by atoms with Crippen molar-refractivity contribution < 1.29 is 9.59 Å². The molecule has 2 aromatic heterocycles. The first-order valence-electron chi connectivity index (χ1n) is 8.63. The van der Waals surface area contributed by atoms with E-state index in [0.29, 0.717) is 18.7 Å². The zero-order valence-corrected chi connectivity index (χ0v) is 15.0. The molecule has 7 heteroatoms. The summed E-state index contributed by atoms with van der Waals surface area (Å²) in [7, 11) is 1.81. The minimum atomic E-state index is -0.484. The van der Waals surface area contributed by atoms with Gasteiger partial charge in [-0.25, -0.2) is 0 Å². The van der Waals surface area contributed by atoms with Gasteiger partial charge in [-0.05, 0) is 31.0 Å². The van der Waals surface area contributed by atoms with E-state index in [1.54, 1.807) is 10.9 Å². The molecular formula is C19H23N5O2. The van der Waals surface area contributed by atoms with Crippen LogP contribution in [0.4, 0.5) is 0 Å². The number of nitrogens with two attached hydrogens (primary N) is 1. The highest BCUT2D eigenvalue weighted by Gasteiger charge is 2.20. The highest BCUT2D eigenvalue weighted by molar-refractivity contribution is 5.99. The van der Waals surface area contributed by atoms with Crippen molar-refractivity contribution in [3.63, 3.8) is 0 Å². The molecule has 0 bridgehead atoms. The first-order chi connectivity index (χ1) is 12.5. The van der Waals surface area contributed by atoms with Crippen LogP contribution in [-0.2, 0) is 24.8 Å². The number of rotatable bonds is 7. The van der Waals surface area contributed by atoms with Crippen molar-refractivity contribution in [2.24, 2.45) is 18.7 Å². The first-order valence-corrected chi connectivity index (χ1v) is 8.63. The monoisotopic (exact) mass is 353 g/mol. The third-order valence-corrected chi connectivity index (χ3v) is 4.51. The van der Waals surface area contributed by atoms with Crippen molar-refractivity contribution in [2.75, 3.05) is 6.54 Å². The van der Waals surface area contributed by atoms with Gasteiger partial charge in [-0.15, -0.1) is 0 Å². The molecule has 0 fully saturated rings. The molecule has 136 valence electrons. The van der Waals surface area contributed by atoms with Crippen LogP contribution in [-0.4, -0.2) is 32.7 Å². The Morgan fingerprint density at radius 1 is 1.31 bits per heavy atom. The molecule has 1 aromatic carbocycles. The molecule has 0 aliphatic carbocycles. The number of carbonyl (C=O) groups is 2. The molecule has 0 saturated heterocycles. The van der Waals surface area contributed by atoms with Gasteiger partial charge in [0.15, 0.2) is 0 Å². The van der Waals surface area contributed by atoms with E-state index in [0.717, 1.165) is 16.5 Å². The van der Waals surface area contributed by atoms with Crippen molar-refractivity contribution in [2.45, 2.75) is 19.9 Å². The molecule has 0 aliphatic rings. The van der Waals surface area contributed by atoms with Crippen LogP contribution in [0.2, 0.25) is 0 Å². The number of benzene rings is 1. The fraction of sp³-hybridized carbons (Fsp3) is 0.316. The first kappa shape index (κ1) is 17.7. The quantitative estimate of drug-likeness (QED) is 0.673. The van der Waals surface area contributed by atoms with E-state index in [1.165, 1.54) is 0 Å². The maximum Gasteiger partial charge on any atom is 0.267 e. The summed E-state index contributed by atoms with van der Waals surface area (Å²) in [6.07, 6.45) is 3.99.